The van der Waals surface area contributed by atoms with Gasteiger partial charge in [0.05, 0.1) is 16.4 Å². The molecule has 0 N–H and O–H groups in total. The van der Waals surface area contributed by atoms with Gasteiger partial charge in [-0.25, -0.2) is 4.98 Å². The van der Waals surface area contributed by atoms with E-state index in [1.165, 1.54) is 0 Å². The van der Waals surface area contributed by atoms with Crippen LogP contribution in [0.1, 0.15) is 31.5 Å². The van der Waals surface area contributed by atoms with Gasteiger partial charge in [-0.1, -0.05) is 22.9 Å². The van der Waals surface area contributed by atoms with E-state index in [1.54, 1.807) is 0 Å². The smallest absolute Gasteiger partial charge is 0.127 e. The lowest BCUT2D eigenvalue weighted by Crippen LogP contribution is -2.08. The molecule has 5 heteroatoms. The van der Waals surface area contributed by atoms with Gasteiger partial charge >= 0.3 is 0 Å². The predicted octanol–water partition coefficient (Wildman–Crippen LogP) is 5.24. The molecule has 0 saturated heterocycles. The third-order valence-electron chi connectivity index (χ3n) is 3.26. The predicted molar refractivity (Wildman–Crippen MR) is 89.3 cm³/mol. The Kier molecular flexibility index (Phi) is 5.21. The van der Waals surface area contributed by atoms with E-state index in [-0.39, 0.29) is 5.38 Å². The van der Waals surface area contributed by atoms with Gasteiger partial charge in [0.2, 0.25) is 0 Å². The molecule has 104 valence electrons. The van der Waals surface area contributed by atoms with Crippen molar-refractivity contribution in [3.63, 3.8) is 0 Å². The first-order valence-electron chi connectivity index (χ1n) is 6.35. The van der Waals surface area contributed by atoms with Crippen LogP contribution in [0.5, 0.6) is 0 Å². The van der Waals surface area contributed by atoms with Gasteiger partial charge in [-0.3, -0.25) is 0 Å². The number of aryl methyl sites for hydroxylation is 1. The summed E-state index contributed by atoms with van der Waals surface area (Å²) < 4.78 is 3.33. The zero-order chi connectivity index (χ0) is 14.0. The number of hydrogen-bond donors (Lipinski definition) is 0. The molecule has 0 fully saturated rings. The summed E-state index contributed by atoms with van der Waals surface area (Å²) in [7, 11) is 0. The van der Waals surface area contributed by atoms with Crippen molar-refractivity contribution < 1.29 is 0 Å². The normalized spacial score (nSPS) is 14.8. The average Bonchev–Trinajstić information content (AvgIpc) is 2.74. The highest BCUT2D eigenvalue weighted by molar-refractivity contribution is 9.10. The van der Waals surface area contributed by atoms with Crippen LogP contribution in [0, 0.1) is 0 Å². The van der Waals surface area contributed by atoms with Gasteiger partial charge in [0, 0.05) is 16.3 Å². The zero-order valence-corrected chi connectivity index (χ0v) is 14.5. The molecule has 2 nitrogen and oxygen atoms in total. The van der Waals surface area contributed by atoms with Gasteiger partial charge < -0.3 is 4.57 Å². The molecule has 2 aromatic rings. The first-order valence-corrected chi connectivity index (χ1v) is 8.87. The number of aromatic nitrogens is 2. The number of thioether (sulfide) groups is 1. The van der Waals surface area contributed by atoms with E-state index in [0.29, 0.717) is 5.25 Å². The molecule has 0 aliphatic carbocycles. The number of fused-ring (bicyclic) bond motifs is 1. The van der Waals surface area contributed by atoms with Gasteiger partial charge in [0.1, 0.15) is 5.82 Å². The van der Waals surface area contributed by atoms with Crippen LogP contribution in [0.25, 0.3) is 11.0 Å². The number of halogens is 2. The van der Waals surface area contributed by atoms with Crippen LogP contribution in [0.4, 0.5) is 0 Å². The fourth-order valence-corrected chi connectivity index (χ4v) is 2.94. The van der Waals surface area contributed by atoms with Crippen molar-refractivity contribution in [3.05, 3.63) is 28.5 Å². The molecule has 1 aromatic heterocycles. The van der Waals surface area contributed by atoms with Crippen molar-refractivity contribution in [1.29, 1.82) is 0 Å². The number of rotatable bonds is 5. The molecular weight excluding hydrogens is 344 g/mol. The van der Waals surface area contributed by atoms with Gasteiger partial charge in [0.25, 0.3) is 0 Å². The minimum Gasteiger partial charge on any atom is -0.327 e. The molecule has 1 aromatic carbocycles. The van der Waals surface area contributed by atoms with E-state index in [2.05, 4.69) is 44.7 Å². The quantitative estimate of drug-likeness (QED) is 0.678. The van der Waals surface area contributed by atoms with Crippen LogP contribution in [0.3, 0.4) is 0 Å². The molecule has 0 aliphatic heterocycles. The number of hydrogen-bond acceptors (Lipinski definition) is 2. The van der Waals surface area contributed by atoms with Crippen LogP contribution in [0.2, 0.25) is 0 Å². The van der Waals surface area contributed by atoms with E-state index in [4.69, 9.17) is 11.6 Å². The highest BCUT2D eigenvalue weighted by Crippen LogP contribution is 2.27. The van der Waals surface area contributed by atoms with E-state index >= 15 is 0 Å². The maximum Gasteiger partial charge on any atom is 0.127 e. The summed E-state index contributed by atoms with van der Waals surface area (Å²) >= 11 is 11.7. The number of imidazole rings is 1. The molecule has 2 unspecified atom stereocenters. The Balaban J connectivity index is 2.42. The minimum absolute atomic E-state index is 0.0734. The standard InChI is InChI=1S/C14H18BrClN2S/c1-9(19-3)6-7-18-13-8-11(15)4-5-12(13)17-14(18)10(2)16/h4-5,8-10H,6-7H2,1-3H3. The highest BCUT2D eigenvalue weighted by Gasteiger charge is 2.15. The van der Waals surface area contributed by atoms with Gasteiger partial charge in [0.15, 0.2) is 0 Å². The van der Waals surface area contributed by atoms with Crippen molar-refractivity contribution in [3.8, 4) is 0 Å². The second kappa shape index (κ2) is 6.51. The first-order chi connectivity index (χ1) is 9.02. The van der Waals surface area contributed by atoms with E-state index in [9.17, 15) is 0 Å². The number of alkyl halides is 1. The summed E-state index contributed by atoms with van der Waals surface area (Å²) in [6.45, 7) is 5.19. The van der Waals surface area contributed by atoms with Gasteiger partial charge in [-0.15, -0.1) is 11.6 Å². The molecule has 2 rings (SSSR count). The molecule has 2 atom stereocenters. The molecule has 0 bridgehead atoms. The fourth-order valence-electron chi connectivity index (χ4n) is 2.08. The molecule has 0 amide bonds. The van der Waals surface area contributed by atoms with Gasteiger partial charge in [-0.05, 0) is 37.8 Å². The minimum atomic E-state index is -0.0734. The molecule has 0 spiro atoms. The van der Waals surface area contributed by atoms with Crippen LogP contribution < -0.4 is 0 Å². The Labute approximate surface area is 132 Å². The number of benzene rings is 1. The monoisotopic (exact) mass is 360 g/mol. The van der Waals surface area contributed by atoms with Crippen molar-refractivity contribution in [2.45, 2.75) is 37.4 Å². The van der Waals surface area contributed by atoms with Gasteiger partial charge in [-0.2, -0.15) is 11.8 Å². The molecule has 0 radical (unpaired) electrons. The van der Waals surface area contributed by atoms with E-state index in [1.807, 2.05) is 30.8 Å². The second-order valence-electron chi connectivity index (χ2n) is 4.71. The summed E-state index contributed by atoms with van der Waals surface area (Å²) in [5, 5.41) is 0.568. The lowest BCUT2D eigenvalue weighted by atomic mass is 10.3. The lowest BCUT2D eigenvalue weighted by Gasteiger charge is -2.13. The van der Waals surface area contributed by atoms with Crippen LogP contribution in [0.15, 0.2) is 22.7 Å². The largest absolute Gasteiger partial charge is 0.327 e. The molecular formula is C14H18BrClN2S. The summed E-state index contributed by atoms with van der Waals surface area (Å²) in [5.41, 5.74) is 2.17. The van der Waals surface area contributed by atoms with E-state index in [0.717, 1.165) is 34.3 Å². The third kappa shape index (κ3) is 3.47. The number of nitrogens with zero attached hydrogens (tertiary/aromatic N) is 2. The van der Waals surface area contributed by atoms with Crippen LogP contribution >= 0.6 is 39.3 Å². The van der Waals surface area contributed by atoms with E-state index < -0.39 is 0 Å². The zero-order valence-electron chi connectivity index (χ0n) is 11.4. The Morgan fingerprint density at radius 1 is 1.42 bits per heavy atom. The Morgan fingerprint density at radius 3 is 2.79 bits per heavy atom. The Bertz CT molecular complexity index is 568. The fraction of sp³-hybridized carbons (Fsp3) is 0.500. The Hall–Kier alpha value is -0.190. The molecule has 0 aliphatic rings. The Morgan fingerprint density at radius 2 is 2.16 bits per heavy atom. The SMILES string of the molecule is CSC(C)CCn1c(C(C)Cl)nc2ccc(Br)cc21. The summed E-state index contributed by atoms with van der Waals surface area (Å²) in [4.78, 5) is 4.66. The summed E-state index contributed by atoms with van der Waals surface area (Å²) in [5.74, 6) is 0.961. The topological polar surface area (TPSA) is 17.8 Å². The van der Waals surface area contributed by atoms with Crippen LogP contribution in [-0.2, 0) is 6.54 Å². The lowest BCUT2D eigenvalue weighted by molar-refractivity contribution is 0.623. The van der Waals surface area contributed by atoms with Crippen molar-refractivity contribution in [2.75, 3.05) is 6.26 Å². The van der Waals surface area contributed by atoms with Crippen molar-refractivity contribution in [1.82, 2.24) is 9.55 Å². The van der Waals surface area contributed by atoms with Crippen molar-refractivity contribution >= 4 is 50.3 Å². The average molecular weight is 362 g/mol. The molecule has 0 saturated carbocycles. The summed E-state index contributed by atoms with van der Waals surface area (Å²) in [6, 6.07) is 6.18. The highest BCUT2D eigenvalue weighted by atomic mass is 79.9. The summed E-state index contributed by atoms with van der Waals surface area (Å²) in [6.07, 6.45) is 3.27. The first kappa shape index (κ1) is 15.2. The maximum atomic E-state index is 6.27. The molecule has 19 heavy (non-hydrogen) atoms. The molecule has 1 heterocycles. The van der Waals surface area contributed by atoms with Crippen LogP contribution in [-0.4, -0.2) is 21.1 Å². The maximum absolute atomic E-state index is 6.27. The van der Waals surface area contributed by atoms with Crippen molar-refractivity contribution in [2.24, 2.45) is 0 Å². The third-order valence-corrected chi connectivity index (χ3v) is 4.99. The second-order valence-corrected chi connectivity index (χ2v) is 7.55.